The van der Waals surface area contributed by atoms with Crippen LogP contribution in [0.25, 0.3) is 11.2 Å². The number of thioether (sulfide) groups is 1. The summed E-state index contributed by atoms with van der Waals surface area (Å²) in [5, 5.41) is 20.1. The lowest BCUT2D eigenvalue weighted by Gasteiger charge is -2.16. The van der Waals surface area contributed by atoms with Crippen LogP contribution in [0.4, 0.5) is 0 Å². The van der Waals surface area contributed by atoms with Gasteiger partial charge in [0.1, 0.15) is 12.2 Å². The molecule has 2 aromatic rings. The van der Waals surface area contributed by atoms with Crippen molar-refractivity contribution in [1.29, 1.82) is 0 Å². The van der Waals surface area contributed by atoms with Crippen molar-refractivity contribution in [3.05, 3.63) is 23.0 Å². The largest absolute Gasteiger partial charge is 0.387 e. The van der Waals surface area contributed by atoms with Gasteiger partial charge in [-0.2, -0.15) is 11.8 Å². The number of hydrogen-bond donors (Lipinski definition) is 3. The molecule has 3 N–H and O–H groups in total. The number of aromatic nitrogens is 4. The van der Waals surface area contributed by atoms with Crippen LogP contribution in [-0.4, -0.2) is 60.1 Å². The second kappa shape index (κ2) is 5.17. The van der Waals surface area contributed by atoms with E-state index in [0.717, 1.165) is 0 Å². The van der Waals surface area contributed by atoms with Crippen LogP contribution in [-0.2, 0) is 4.74 Å². The standard InChI is InChI=1S/C11H14N4O4S/c1-20-2-5-7(16)8(17)11(19-5)15-4-14-6-9(15)12-3-13-10(6)18/h3-5,7-8,11,16-17H,2H2,1H3,(H,12,13,18). The molecule has 4 atom stereocenters. The van der Waals surface area contributed by atoms with Crippen molar-refractivity contribution in [2.45, 2.75) is 24.5 Å². The minimum atomic E-state index is -1.09. The molecule has 1 aliphatic heterocycles. The third-order valence-electron chi connectivity index (χ3n) is 3.31. The molecule has 0 spiro atoms. The molecule has 1 aliphatic rings. The van der Waals surface area contributed by atoms with E-state index in [1.165, 1.54) is 29.0 Å². The minimum absolute atomic E-state index is 0.172. The summed E-state index contributed by atoms with van der Waals surface area (Å²) in [5.41, 5.74) is 0.128. The van der Waals surface area contributed by atoms with E-state index in [4.69, 9.17) is 4.74 Å². The molecule has 0 amide bonds. The van der Waals surface area contributed by atoms with Crippen molar-refractivity contribution < 1.29 is 14.9 Å². The van der Waals surface area contributed by atoms with Gasteiger partial charge >= 0.3 is 0 Å². The summed E-state index contributed by atoms with van der Waals surface area (Å²) in [7, 11) is 0. The monoisotopic (exact) mass is 298 g/mol. The molecule has 4 unspecified atom stereocenters. The number of aromatic amines is 1. The van der Waals surface area contributed by atoms with Crippen LogP contribution >= 0.6 is 11.8 Å². The Hall–Kier alpha value is -1.42. The van der Waals surface area contributed by atoms with Gasteiger partial charge in [-0.3, -0.25) is 9.36 Å². The number of fused-ring (bicyclic) bond motifs is 1. The van der Waals surface area contributed by atoms with Crippen LogP contribution in [0.5, 0.6) is 0 Å². The molecule has 0 radical (unpaired) electrons. The number of H-pyrrole nitrogens is 1. The van der Waals surface area contributed by atoms with Crippen molar-refractivity contribution in [3.8, 4) is 0 Å². The number of nitrogens with one attached hydrogen (secondary N) is 1. The fourth-order valence-electron chi connectivity index (χ4n) is 2.31. The van der Waals surface area contributed by atoms with E-state index in [9.17, 15) is 15.0 Å². The summed E-state index contributed by atoms with van der Waals surface area (Å²) in [4.78, 5) is 22.0. The van der Waals surface area contributed by atoms with Crippen molar-refractivity contribution in [1.82, 2.24) is 19.5 Å². The Labute approximate surface area is 117 Å². The van der Waals surface area contributed by atoms with E-state index in [-0.39, 0.29) is 11.1 Å². The predicted molar refractivity (Wildman–Crippen MR) is 72.5 cm³/mol. The first-order valence-corrected chi connectivity index (χ1v) is 7.43. The van der Waals surface area contributed by atoms with Gasteiger partial charge < -0.3 is 19.9 Å². The maximum Gasteiger partial charge on any atom is 0.278 e. The first-order chi connectivity index (χ1) is 9.63. The van der Waals surface area contributed by atoms with Gasteiger partial charge in [0.2, 0.25) is 0 Å². The van der Waals surface area contributed by atoms with Crippen molar-refractivity contribution >= 4 is 22.9 Å². The summed E-state index contributed by atoms with van der Waals surface area (Å²) < 4.78 is 7.14. The predicted octanol–water partition coefficient (Wildman–Crippen LogP) is -0.898. The van der Waals surface area contributed by atoms with Crippen LogP contribution in [0, 0.1) is 0 Å². The summed E-state index contributed by atoms with van der Waals surface area (Å²) >= 11 is 1.52. The highest BCUT2D eigenvalue weighted by Gasteiger charge is 2.43. The molecule has 3 heterocycles. The van der Waals surface area contributed by atoms with Crippen molar-refractivity contribution in [2.75, 3.05) is 12.0 Å². The van der Waals surface area contributed by atoms with Gasteiger partial charge in [0.15, 0.2) is 17.4 Å². The first kappa shape index (κ1) is 13.6. The fraction of sp³-hybridized carbons (Fsp3) is 0.545. The third kappa shape index (κ3) is 2.03. The fourth-order valence-corrected chi connectivity index (χ4v) is 2.91. The quantitative estimate of drug-likeness (QED) is 0.673. The molecule has 0 bridgehead atoms. The molecular weight excluding hydrogens is 284 g/mol. The Bertz CT molecular complexity index is 672. The normalized spacial score (nSPS) is 30.1. The number of imidazole rings is 1. The molecule has 9 heteroatoms. The van der Waals surface area contributed by atoms with Gasteiger partial charge in [-0.1, -0.05) is 0 Å². The van der Waals surface area contributed by atoms with Crippen molar-refractivity contribution in [3.63, 3.8) is 0 Å². The number of hydrogen-bond acceptors (Lipinski definition) is 7. The Balaban J connectivity index is 1.99. The Morgan fingerprint density at radius 2 is 2.25 bits per heavy atom. The highest BCUT2D eigenvalue weighted by molar-refractivity contribution is 7.98. The lowest BCUT2D eigenvalue weighted by atomic mass is 10.1. The molecule has 1 saturated heterocycles. The first-order valence-electron chi connectivity index (χ1n) is 6.04. The summed E-state index contributed by atoms with van der Waals surface area (Å²) in [6.45, 7) is 0. The summed E-state index contributed by atoms with van der Waals surface area (Å²) in [5.74, 6) is 0.565. The minimum Gasteiger partial charge on any atom is -0.387 e. The second-order valence-electron chi connectivity index (χ2n) is 4.56. The molecule has 0 aromatic carbocycles. The van der Waals surface area contributed by atoms with Gasteiger partial charge in [-0.15, -0.1) is 0 Å². The maximum absolute atomic E-state index is 11.6. The highest BCUT2D eigenvalue weighted by Crippen LogP contribution is 2.31. The van der Waals surface area contributed by atoms with E-state index >= 15 is 0 Å². The van der Waals surface area contributed by atoms with Crippen LogP contribution in [0.1, 0.15) is 6.23 Å². The number of nitrogens with zero attached hydrogens (tertiary/aromatic N) is 3. The summed E-state index contributed by atoms with van der Waals surface area (Å²) in [6.07, 6.45) is 1.20. The summed E-state index contributed by atoms with van der Waals surface area (Å²) in [6, 6.07) is 0. The van der Waals surface area contributed by atoms with Crippen LogP contribution in [0.3, 0.4) is 0 Å². The lowest BCUT2D eigenvalue weighted by Crippen LogP contribution is -2.32. The molecule has 108 valence electrons. The Morgan fingerprint density at radius 1 is 1.45 bits per heavy atom. The zero-order valence-corrected chi connectivity index (χ0v) is 11.4. The molecule has 2 aromatic heterocycles. The number of rotatable bonds is 3. The third-order valence-corrected chi connectivity index (χ3v) is 3.97. The van der Waals surface area contributed by atoms with E-state index in [0.29, 0.717) is 11.4 Å². The topological polar surface area (TPSA) is 113 Å². The average molecular weight is 298 g/mol. The maximum atomic E-state index is 11.6. The molecular formula is C11H14N4O4S. The number of ether oxygens (including phenoxy) is 1. The van der Waals surface area contributed by atoms with E-state index < -0.39 is 24.5 Å². The second-order valence-corrected chi connectivity index (χ2v) is 5.47. The highest BCUT2D eigenvalue weighted by atomic mass is 32.2. The van der Waals surface area contributed by atoms with Crippen LogP contribution in [0.2, 0.25) is 0 Å². The average Bonchev–Trinajstić information content (AvgIpc) is 2.97. The Morgan fingerprint density at radius 3 is 3.00 bits per heavy atom. The number of aliphatic hydroxyl groups is 2. The number of aliphatic hydroxyl groups excluding tert-OH is 2. The molecule has 20 heavy (non-hydrogen) atoms. The molecule has 1 fully saturated rings. The smallest absolute Gasteiger partial charge is 0.278 e. The zero-order chi connectivity index (χ0) is 14.3. The zero-order valence-electron chi connectivity index (χ0n) is 10.6. The van der Waals surface area contributed by atoms with Crippen LogP contribution in [0.15, 0.2) is 17.4 Å². The van der Waals surface area contributed by atoms with E-state index in [2.05, 4.69) is 15.0 Å². The van der Waals surface area contributed by atoms with Crippen LogP contribution < -0.4 is 5.56 Å². The molecule has 8 nitrogen and oxygen atoms in total. The van der Waals surface area contributed by atoms with E-state index in [1.54, 1.807) is 0 Å². The van der Waals surface area contributed by atoms with Gasteiger partial charge in [0.25, 0.3) is 5.56 Å². The van der Waals surface area contributed by atoms with Gasteiger partial charge in [-0.25, -0.2) is 9.97 Å². The molecule has 0 aliphatic carbocycles. The van der Waals surface area contributed by atoms with Gasteiger partial charge in [0, 0.05) is 5.75 Å². The Kier molecular flexibility index (Phi) is 3.50. The SMILES string of the molecule is CSCC1OC(n2cnc3c(=O)[nH]cnc32)C(O)C1O. The molecule has 3 rings (SSSR count). The van der Waals surface area contributed by atoms with E-state index in [1.807, 2.05) is 6.26 Å². The van der Waals surface area contributed by atoms with Crippen molar-refractivity contribution in [2.24, 2.45) is 0 Å². The lowest BCUT2D eigenvalue weighted by molar-refractivity contribution is -0.0288. The van der Waals surface area contributed by atoms with Gasteiger partial charge in [-0.05, 0) is 6.26 Å². The molecule has 0 saturated carbocycles. The van der Waals surface area contributed by atoms with Gasteiger partial charge in [0.05, 0.1) is 18.8 Å².